The molecule has 2 aromatic carbocycles. The number of ether oxygens (including phenoxy) is 1. The van der Waals surface area contributed by atoms with E-state index in [4.69, 9.17) is 4.74 Å². The van der Waals surface area contributed by atoms with E-state index in [0.29, 0.717) is 0 Å². The summed E-state index contributed by atoms with van der Waals surface area (Å²) in [6.45, 7) is 1.48. The van der Waals surface area contributed by atoms with Crippen LogP contribution in [0.25, 0.3) is 0 Å². The van der Waals surface area contributed by atoms with Crippen LogP contribution in [0, 0.1) is 17.0 Å². The molecule has 0 atom stereocenters. The first kappa shape index (κ1) is 22.4. The topological polar surface area (TPSA) is 127 Å². The van der Waals surface area contributed by atoms with Crippen LogP contribution in [0.3, 0.4) is 0 Å². The van der Waals surface area contributed by atoms with Crippen molar-refractivity contribution in [1.29, 1.82) is 0 Å². The zero-order valence-electron chi connectivity index (χ0n) is 16.8. The third-order valence-electron chi connectivity index (χ3n) is 5.02. The van der Waals surface area contributed by atoms with Crippen LogP contribution in [0.4, 0.5) is 5.69 Å². The van der Waals surface area contributed by atoms with Crippen LogP contribution in [-0.2, 0) is 19.6 Å². The van der Waals surface area contributed by atoms with Gasteiger partial charge in [0.15, 0.2) is 6.61 Å². The Bertz CT molecular complexity index is 1100. The molecule has 1 aliphatic heterocycles. The van der Waals surface area contributed by atoms with Gasteiger partial charge in [0.2, 0.25) is 10.0 Å². The standard InChI is InChI=1S/C20H21N3O7S/c1-15-17(8-5-9-18(15)23(26)27)20(25)30-14-19(24)21-10-12-22(13-11-21)31(28,29)16-6-3-2-4-7-16/h2-9H,10-14H2,1H3. The van der Waals surface area contributed by atoms with Crippen LogP contribution < -0.4 is 0 Å². The van der Waals surface area contributed by atoms with Crippen LogP contribution in [-0.4, -0.2) is 67.2 Å². The Morgan fingerprint density at radius 2 is 1.68 bits per heavy atom. The number of carbonyl (C=O) groups is 2. The molecule has 0 N–H and O–H groups in total. The molecular weight excluding hydrogens is 426 g/mol. The van der Waals surface area contributed by atoms with E-state index in [-0.39, 0.29) is 47.9 Å². The number of sulfonamides is 1. The van der Waals surface area contributed by atoms with Gasteiger partial charge in [-0.15, -0.1) is 0 Å². The van der Waals surface area contributed by atoms with Gasteiger partial charge in [-0.25, -0.2) is 13.2 Å². The molecule has 31 heavy (non-hydrogen) atoms. The number of hydrogen-bond donors (Lipinski definition) is 0. The third-order valence-corrected chi connectivity index (χ3v) is 6.93. The summed E-state index contributed by atoms with van der Waals surface area (Å²) in [6, 6.07) is 12.1. The molecule has 1 saturated heterocycles. The van der Waals surface area contributed by atoms with E-state index in [2.05, 4.69) is 0 Å². The molecule has 0 aliphatic carbocycles. The molecule has 0 radical (unpaired) electrons. The second kappa shape index (κ2) is 9.23. The summed E-state index contributed by atoms with van der Waals surface area (Å²) in [5.41, 5.74) is -0.0398. The molecular formula is C20H21N3O7S. The van der Waals surface area contributed by atoms with E-state index in [1.807, 2.05) is 0 Å². The third kappa shape index (κ3) is 4.89. The minimum absolute atomic E-state index is 0.0146. The van der Waals surface area contributed by atoms with Gasteiger partial charge in [0, 0.05) is 37.8 Å². The maximum absolute atomic E-state index is 12.6. The Balaban J connectivity index is 1.56. The van der Waals surface area contributed by atoms with E-state index in [1.165, 1.54) is 46.5 Å². The normalized spacial score (nSPS) is 14.8. The maximum atomic E-state index is 12.6. The van der Waals surface area contributed by atoms with E-state index < -0.39 is 33.4 Å². The largest absolute Gasteiger partial charge is 0.452 e. The molecule has 3 rings (SSSR count). The number of hydrogen-bond acceptors (Lipinski definition) is 7. The Morgan fingerprint density at radius 1 is 1.03 bits per heavy atom. The second-order valence-electron chi connectivity index (χ2n) is 6.88. The lowest BCUT2D eigenvalue weighted by molar-refractivity contribution is -0.385. The minimum atomic E-state index is -3.63. The molecule has 1 fully saturated rings. The van der Waals surface area contributed by atoms with Crippen molar-refractivity contribution in [2.45, 2.75) is 11.8 Å². The van der Waals surface area contributed by atoms with Crippen molar-refractivity contribution in [2.75, 3.05) is 32.8 Å². The monoisotopic (exact) mass is 447 g/mol. The van der Waals surface area contributed by atoms with Gasteiger partial charge in [0.25, 0.3) is 11.6 Å². The zero-order chi connectivity index (χ0) is 22.6. The maximum Gasteiger partial charge on any atom is 0.339 e. The Labute approximate surface area is 179 Å². The molecule has 0 unspecified atom stereocenters. The quantitative estimate of drug-likeness (QED) is 0.374. The molecule has 2 aromatic rings. The Morgan fingerprint density at radius 3 is 2.29 bits per heavy atom. The summed E-state index contributed by atoms with van der Waals surface area (Å²) < 4.78 is 31.6. The number of nitrogens with zero attached hydrogens (tertiary/aromatic N) is 3. The fourth-order valence-electron chi connectivity index (χ4n) is 3.26. The fraction of sp³-hybridized carbons (Fsp3) is 0.300. The van der Waals surface area contributed by atoms with Gasteiger partial charge in [-0.1, -0.05) is 24.3 Å². The first-order chi connectivity index (χ1) is 14.7. The van der Waals surface area contributed by atoms with Crippen LogP contribution in [0.15, 0.2) is 53.4 Å². The highest BCUT2D eigenvalue weighted by Gasteiger charge is 2.30. The van der Waals surface area contributed by atoms with Gasteiger partial charge in [-0.2, -0.15) is 4.31 Å². The van der Waals surface area contributed by atoms with E-state index >= 15 is 0 Å². The van der Waals surface area contributed by atoms with Crippen molar-refractivity contribution in [2.24, 2.45) is 0 Å². The number of esters is 1. The Hall–Kier alpha value is -3.31. The molecule has 1 aliphatic rings. The highest BCUT2D eigenvalue weighted by Crippen LogP contribution is 2.22. The number of rotatable bonds is 6. The lowest BCUT2D eigenvalue weighted by atomic mass is 10.1. The summed E-state index contributed by atoms with van der Waals surface area (Å²) in [4.78, 5) is 36.7. The van der Waals surface area contributed by atoms with Crippen LogP contribution in [0.1, 0.15) is 15.9 Å². The number of carbonyl (C=O) groups excluding carboxylic acids is 2. The molecule has 1 heterocycles. The van der Waals surface area contributed by atoms with Gasteiger partial charge in [-0.05, 0) is 25.1 Å². The molecule has 0 saturated carbocycles. The smallest absolute Gasteiger partial charge is 0.339 e. The van der Waals surface area contributed by atoms with Crippen LogP contribution in [0.2, 0.25) is 0 Å². The number of benzene rings is 2. The summed E-state index contributed by atoms with van der Waals surface area (Å²) in [7, 11) is -3.63. The van der Waals surface area contributed by atoms with E-state index in [0.717, 1.165) is 0 Å². The van der Waals surface area contributed by atoms with Gasteiger partial charge < -0.3 is 9.64 Å². The van der Waals surface area contributed by atoms with Crippen molar-refractivity contribution < 1.29 is 27.7 Å². The average Bonchev–Trinajstić information content (AvgIpc) is 2.77. The molecule has 0 spiro atoms. The first-order valence-electron chi connectivity index (χ1n) is 9.46. The zero-order valence-corrected chi connectivity index (χ0v) is 17.6. The molecule has 1 amide bonds. The van der Waals surface area contributed by atoms with Crippen LogP contribution >= 0.6 is 0 Å². The molecule has 10 nitrogen and oxygen atoms in total. The second-order valence-corrected chi connectivity index (χ2v) is 8.82. The average molecular weight is 447 g/mol. The van der Waals surface area contributed by atoms with Crippen LogP contribution in [0.5, 0.6) is 0 Å². The van der Waals surface area contributed by atoms with Gasteiger partial charge in [0.05, 0.1) is 15.4 Å². The summed E-state index contributed by atoms with van der Waals surface area (Å²) in [5.74, 6) is -1.30. The summed E-state index contributed by atoms with van der Waals surface area (Å²) in [6.07, 6.45) is 0. The molecule has 0 bridgehead atoms. The van der Waals surface area contributed by atoms with Crippen molar-refractivity contribution >= 4 is 27.6 Å². The predicted octanol–water partition coefficient (Wildman–Crippen LogP) is 1.59. The van der Waals surface area contributed by atoms with Crippen molar-refractivity contribution in [1.82, 2.24) is 9.21 Å². The summed E-state index contributed by atoms with van der Waals surface area (Å²) in [5, 5.41) is 11.0. The lowest BCUT2D eigenvalue weighted by Crippen LogP contribution is -2.51. The van der Waals surface area contributed by atoms with Gasteiger partial charge in [-0.3, -0.25) is 14.9 Å². The van der Waals surface area contributed by atoms with Crippen molar-refractivity contribution in [3.05, 3.63) is 69.8 Å². The summed E-state index contributed by atoms with van der Waals surface area (Å²) >= 11 is 0. The molecule has 11 heteroatoms. The highest BCUT2D eigenvalue weighted by atomic mass is 32.2. The number of piperazine rings is 1. The molecule has 0 aromatic heterocycles. The van der Waals surface area contributed by atoms with Crippen molar-refractivity contribution in [3.8, 4) is 0 Å². The van der Waals surface area contributed by atoms with Crippen molar-refractivity contribution in [3.63, 3.8) is 0 Å². The SMILES string of the molecule is Cc1c(C(=O)OCC(=O)N2CCN(S(=O)(=O)c3ccccc3)CC2)cccc1[N+](=O)[O-]. The Kier molecular flexibility index (Phi) is 6.66. The van der Waals surface area contributed by atoms with Gasteiger partial charge >= 0.3 is 5.97 Å². The molecule has 164 valence electrons. The predicted molar refractivity (Wildman–Crippen MR) is 110 cm³/mol. The number of nitro benzene ring substituents is 1. The first-order valence-corrected chi connectivity index (χ1v) is 10.9. The fourth-order valence-corrected chi connectivity index (χ4v) is 4.70. The minimum Gasteiger partial charge on any atom is -0.452 e. The highest BCUT2D eigenvalue weighted by molar-refractivity contribution is 7.89. The lowest BCUT2D eigenvalue weighted by Gasteiger charge is -2.33. The van der Waals surface area contributed by atoms with E-state index in [9.17, 15) is 28.1 Å². The van der Waals surface area contributed by atoms with E-state index in [1.54, 1.807) is 18.2 Å². The number of nitro groups is 1. The van der Waals surface area contributed by atoms with Gasteiger partial charge in [0.1, 0.15) is 0 Å². The number of amides is 1.